The fourth-order valence-electron chi connectivity index (χ4n) is 9.30. The third-order valence-corrected chi connectivity index (χ3v) is 13.2. The monoisotopic (exact) mass is 1060 g/mol. The predicted octanol–water partition coefficient (Wildman–Crippen LogP) is -11.9. The van der Waals surface area contributed by atoms with Crippen molar-refractivity contribution in [3.05, 3.63) is 0 Å². The summed E-state index contributed by atoms with van der Waals surface area (Å²) in [7, 11) is 0. The lowest BCUT2D eigenvalue weighted by Gasteiger charge is -2.50. The van der Waals surface area contributed by atoms with Gasteiger partial charge in [-0.15, -0.1) is 0 Å². The zero-order valence-corrected chi connectivity index (χ0v) is 38.3. The third kappa shape index (κ3) is 11.9. The second-order valence-corrected chi connectivity index (χ2v) is 18.1. The van der Waals surface area contributed by atoms with Gasteiger partial charge in [-0.3, -0.25) is 9.59 Å². The molecule has 22 saturated heterocycles. The topological polar surface area (TPSA) is 487 Å². The summed E-state index contributed by atoms with van der Waals surface area (Å²) in [5.41, 5.74) is 0. The molecule has 22 heterocycles. The Morgan fingerprint density at radius 2 is 0.458 bits per heavy atom. The highest BCUT2D eigenvalue weighted by molar-refractivity contribution is 5.66. The van der Waals surface area contributed by atoms with Crippen LogP contribution >= 0.6 is 0 Å². The van der Waals surface area contributed by atoms with E-state index >= 15 is 0 Å². The molecule has 22 aliphatic rings. The zero-order chi connectivity index (χ0) is 52.6. The number of carbonyl (C=O) groups is 2. The summed E-state index contributed by atoms with van der Waals surface area (Å²) in [6.07, 6.45) is -59.7. The minimum atomic E-state index is -2.21. The smallest absolute Gasteiger partial charge is 0.302 e. The Morgan fingerprint density at radius 1 is 0.292 bits per heavy atom. The van der Waals surface area contributed by atoms with E-state index in [0.717, 1.165) is 13.8 Å². The molecule has 22 aliphatic heterocycles. The van der Waals surface area contributed by atoms with Crippen LogP contribution in [-0.2, 0) is 75.9 Å². The highest BCUT2D eigenvalue weighted by atomic mass is 16.8. The second-order valence-electron chi connectivity index (χ2n) is 18.1. The molecule has 0 aromatic carbocycles. The number of rotatable bonds is 8. The van der Waals surface area contributed by atoms with E-state index in [4.69, 9.17) is 66.3 Å². The van der Waals surface area contributed by atoms with Crippen LogP contribution < -0.4 is 0 Å². The van der Waals surface area contributed by atoms with E-state index in [0.29, 0.717) is 0 Å². The number of aliphatic hydroxyl groups excluding tert-OH is 16. The Morgan fingerprint density at radius 3 is 0.625 bits per heavy atom. The summed E-state index contributed by atoms with van der Waals surface area (Å²) in [6.45, 7) is -3.67. The summed E-state index contributed by atoms with van der Waals surface area (Å²) in [5, 5.41) is 178. The van der Waals surface area contributed by atoms with Gasteiger partial charge in [0.25, 0.3) is 0 Å². The van der Waals surface area contributed by atoms with Crippen LogP contribution in [0.25, 0.3) is 0 Å². The van der Waals surface area contributed by atoms with Gasteiger partial charge in [0.15, 0.2) is 37.7 Å². The number of aliphatic hydroxyl groups is 16. The lowest BCUT2D eigenvalue weighted by Crippen LogP contribution is -2.69. The number of esters is 2. The largest absolute Gasteiger partial charge is 0.463 e. The Kier molecular flexibility index (Phi) is 19.5. The van der Waals surface area contributed by atoms with E-state index in [9.17, 15) is 91.3 Å². The summed E-state index contributed by atoms with van der Waals surface area (Å²) >= 11 is 0. The van der Waals surface area contributed by atoms with Crippen molar-refractivity contribution in [2.75, 3.05) is 39.6 Å². The van der Waals surface area contributed by atoms with Gasteiger partial charge in [-0.2, -0.15) is 0 Å². The maximum absolute atomic E-state index is 11.9. The van der Waals surface area contributed by atoms with E-state index in [-0.39, 0.29) is 0 Å². The van der Waals surface area contributed by atoms with Crippen molar-refractivity contribution < 1.29 is 158 Å². The van der Waals surface area contributed by atoms with E-state index in [1.54, 1.807) is 0 Å². The standard InChI is InChI=1S/C40H64O32/c1-9(45)59-7-15-33-22(52)28(58)40(66-15)70-32-14(6-44)64-38(26(56)20(32)50)72-34-16(8-60-10(2)46)65-39(27(57)21(34)51)69-31-13(5-43)62-36(24(54)18(31)48)67-29-11(3-41)61-35(23(53)17(29)47)68-30-12(4-42)63-37(71-33)25(55)19(30)49/h11-44,47-58H,3-8H2,1-2H3. The van der Waals surface area contributed by atoms with Crippen molar-refractivity contribution in [1.29, 1.82) is 0 Å². The normalized spacial score (nSPS) is 51.5. The van der Waals surface area contributed by atoms with Crippen LogP contribution in [0.1, 0.15) is 13.8 Å². The minimum Gasteiger partial charge on any atom is -0.463 e. The minimum absolute atomic E-state index is 0.779. The van der Waals surface area contributed by atoms with Crippen molar-refractivity contribution in [2.24, 2.45) is 0 Å². The van der Waals surface area contributed by atoms with Crippen molar-refractivity contribution in [3.63, 3.8) is 0 Å². The molecule has 12 bridgehead atoms. The first-order valence-corrected chi connectivity index (χ1v) is 22.9. The van der Waals surface area contributed by atoms with Crippen LogP contribution in [-0.4, -0.2) is 318 Å². The first-order valence-electron chi connectivity index (χ1n) is 22.9. The van der Waals surface area contributed by atoms with Gasteiger partial charge in [-0.25, -0.2) is 0 Å². The number of hydrogen-bond donors (Lipinski definition) is 16. The molecule has 32 nitrogen and oxygen atoms in total. The molecule has 416 valence electrons. The van der Waals surface area contributed by atoms with E-state index < -0.39 is 236 Å². The molecule has 30 atom stereocenters. The molecule has 72 heavy (non-hydrogen) atoms. The molecule has 0 saturated carbocycles. The van der Waals surface area contributed by atoms with Gasteiger partial charge in [0.1, 0.15) is 160 Å². The van der Waals surface area contributed by atoms with Crippen molar-refractivity contribution >= 4 is 11.9 Å². The zero-order valence-electron chi connectivity index (χ0n) is 38.3. The van der Waals surface area contributed by atoms with Crippen LogP contribution in [0.4, 0.5) is 0 Å². The molecular weight excluding hydrogens is 992 g/mol. The summed E-state index contributed by atoms with van der Waals surface area (Å²) in [5.74, 6) is -1.78. The molecule has 0 radical (unpaired) electrons. The number of carbonyl (C=O) groups excluding carboxylic acids is 2. The highest BCUT2D eigenvalue weighted by Crippen LogP contribution is 2.38. The summed E-state index contributed by atoms with van der Waals surface area (Å²) in [6, 6.07) is 0. The lowest BCUT2D eigenvalue weighted by molar-refractivity contribution is -0.404. The Balaban J connectivity index is 1.22. The molecule has 0 aliphatic carbocycles. The van der Waals surface area contributed by atoms with E-state index in [1.165, 1.54) is 0 Å². The molecule has 0 amide bonds. The number of hydrogen-bond acceptors (Lipinski definition) is 32. The van der Waals surface area contributed by atoms with Crippen LogP contribution in [0.3, 0.4) is 0 Å². The van der Waals surface area contributed by atoms with Crippen molar-refractivity contribution in [2.45, 2.75) is 198 Å². The van der Waals surface area contributed by atoms with E-state index in [2.05, 4.69) is 0 Å². The predicted molar refractivity (Wildman–Crippen MR) is 215 cm³/mol. The average Bonchev–Trinajstić information content (AvgIpc) is 3.35. The lowest BCUT2D eigenvalue weighted by atomic mass is 9.94. The van der Waals surface area contributed by atoms with Gasteiger partial charge in [0.05, 0.1) is 26.4 Å². The van der Waals surface area contributed by atoms with Gasteiger partial charge in [-0.1, -0.05) is 0 Å². The molecule has 0 aromatic heterocycles. The molecule has 0 spiro atoms. The molecule has 22 fully saturated rings. The first-order chi connectivity index (χ1) is 34.1. The van der Waals surface area contributed by atoms with Gasteiger partial charge in [-0.05, 0) is 0 Å². The van der Waals surface area contributed by atoms with Crippen LogP contribution in [0.2, 0.25) is 0 Å². The molecule has 30 unspecified atom stereocenters. The maximum Gasteiger partial charge on any atom is 0.302 e. The Hall–Kier alpha value is -2.18. The van der Waals surface area contributed by atoms with Gasteiger partial charge in [0, 0.05) is 13.8 Å². The maximum atomic E-state index is 11.9. The molecule has 22 rings (SSSR count). The first kappa shape index (κ1) is 57.5. The van der Waals surface area contributed by atoms with Gasteiger partial charge >= 0.3 is 11.9 Å². The van der Waals surface area contributed by atoms with Crippen molar-refractivity contribution in [1.82, 2.24) is 0 Å². The SMILES string of the molecule is CC(=O)OCC1OC2OC3C(CO)OC(OC4C(CO)OC(OC5C(CO)OC(OC6C(COC(C)=O)OC(OC7C(CO)OC(OC1C(O)C2O)C(O)C7O)C(O)C6O)C(O)C5O)C(O)C4O)C(O)C3O. The van der Waals surface area contributed by atoms with Crippen molar-refractivity contribution in [3.8, 4) is 0 Å². The highest BCUT2D eigenvalue weighted by Gasteiger charge is 2.59. The third-order valence-electron chi connectivity index (χ3n) is 13.2. The molecule has 0 aromatic rings. The summed E-state index contributed by atoms with van der Waals surface area (Å²) < 4.78 is 79.1. The van der Waals surface area contributed by atoms with E-state index in [1.807, 2.05) is 0 Å². The summed E-state index contributed by atoms with van der Waals surface area (Å²) in [4.78, 5) is 23.9. The van der Waals surface area contributed by atoms with Crippen LogP contribution in [0.15, 0.2) is 0 Å². The fraction of sp³-hybridized carbons (Fsp3) is 0.950. The average molecular weight is 1060 g/mol. The number of ether oxygens (including phenoxy) is 14. The van der Waals surface area contributed by atoms with Crippen LogP contribution in [0, 0.1) is 0 Å². The van der Waals surface area contributed by atoms with Gasteiger partial charge < -0.3 is 148 Å². The quantitative estimate of drug-likeness (QED) is 0.100. The second kappa shape index (κ2) is 24.4. The fourth-order valence-corrected chi connectivity index (χ4v) is 9.30. The van der Waals surface area contributed by atoms with Gasteiger partial charge in [0.2, 0.25) is 0 Å². The van der Waals surface area contributed by atoms with Crippen LogP contribution in [0.5, 0.6) is 0 Å². The molecular formula is C40H64O32. The molecule has 32 heteroatoms. The molecule has 16 N–H and O–H groups in total. The Bertz CT molecular complexity index is 1730. The Labute approximate surface area is 407 Å².